The van der Waals surface area contributed by atoms with Crippen molar-refractivity contribution in [3.05, 3.63) is 68.7 Å². The van der Waals surface area contributed by atoms with Gasteiger partial charge in [-0.3, -0.25) is 4.79 Å². The Hall–Kier alpha value is -1.22. The molecule has 116 valence electrons. The number of hydrogen-bond acceptors (Lipinski definition) is 1. The highest BCUT2D eigenvalue weighted by Crippen LogP contribution is 2.28. The molecule has 1 amide bonds. The molecule has 0 heterocycles. The summed E-state index contributed by atoms with van der Waals surface area (Å²) in [4.78, 5) is 14.1. The van der Waals surface area contributed by atoms with Crippen LogP contribution in [-0.2, 0) is 11.2 Å². The lowest BCUT2D eigenvalue weighted by molar-refractivity contribution is -0.131. The number of rotatable bonds is 4. The first-order chi connectivity index (χ1) is 10.4. The molecule has 0 aliphatic rings. The Balaban J connectivity index is 2.12. The minimum Gasteiger partial charge on any atom is -0.339 e. The molecule has 2 aromatic carbocycles. The molecule has 0 aromatic heterocycles. The van der Waals surface area contributed by atoms with Gasteiger partial charge in [-0.2, -0.15) is 0 Å². The van der Waals surface area contributed by atoms with Crippen LogP contribution < -0.4 is 0 Å². The predicted molar refractivity (Wildman–Crippen MR) is 92.8 cm³/mol. The van der Waals surface area contributed by atoms with Crippen LogP contribution in [0.15, 0.2) is 42.5 Å². The highest BCUT2D eigenvalue weighted by molar-refractivity contribution is 6.42. The minimum atomic E-state index is -0.107. The van der Waals surface area contributed by atoms with Crippen molar-refractivity contribution >= 4 is 40.7 Å². The number of nitrogens with zero attached hydrogens (tertiary/aromatic N) is 1. The first kappa shape index (κ1) is 17.1. The zero-order chi connectivity index (χ0) is 16.3. The molecule has 0 N–H and O–H groups in total. The topological polar surface area (TPSA) is 20.3 Å². The summed E-state index contributed by atoms with van der Waals surface area (Å²) in [5, 5.41) is 1.59. The summed E-state index contributed by atoms with van der Waals surface area (Å²) in [7, 11) is 1.77. The van der Waals surface area contributed by atoms with Gasteiger partial charge in [0.2, 0.25) is 5.91 Å². The summed E-state index contributed by atoms with van der Waals surface area (Å²) in [5.74, 6) is -0.00771. The van der Waals surface area contributed by atoms with Gasteiger partial charge in [-0.25, -0.2) is 0 Å². The number of carbonyl (C=O) groups is 1. The molecule has 2 nitrogen and oxygen atoms in total. The standard InChI is InChI=1S/C17H16Cl3NO/c1-11(12-7-8-15(19)16(20)9-12)21(2)17(22)10-13-5-3-4-6-14(13)18/h3-9,11H,10H2,1-2H3. The molecule has 0 aliphatic carbocycles. The Kier molecular flexibility index (Phi) is 5.74. The zero-order valence-corrected chi connectivity index (χ0v) is 14.6. The molecule has 5 heteroatoms. The molecule has 2 rings (SSSR count). The van der Waals surface area contributed by atoms with Crippen molar-refractivity contribution < 1.29 is 4.79 Å². The highest BCUT2D eigenvalue weighted by atomic mass is 35.5. The van der Waals surface area contributed by atoms with Crippen LogP contribution in [0.3, 0.4) is 0 Å². The van der Waals surface area contributed by atoms with Crippen molar-refractivity contribution in [2.75, 3.05) is 7.05 Å². The normalized spacial score (nSPS) is 12.0. The van der Waals surface area contributed by atoms with Gasteiger partial charge in [0.25, 0.3) is 0 Å². The smallest absolute Gasteiger partial charge is 0.227 e. The van der Waals surface area contributed by atoms with Crippen molar-refractivity contribution in [2.45, 2.75) is 19.4 Å². The van der Waals surface area contributed by atoms with Crippen molar-refractivity contribution in [1.29, 1.82) is 0 Å². The summed E-state index contributed by atoms with van der Waals surface area (Å²) in [6.45, 7) is 1.95. The van der Waals surface area contributed by atoms with Crippen molar-refractivity contribution in [1.82, 2.24) is 4.90 Å². The van der Waals surface area contributed by atoms with E-state index in [2.05, 4.69) is 0 Å². The second-order valence-corrected chi connectivity index (χ2v) is 6.34. The van der Waals surface area contributed by atoms with Gasteiger partial charge in [0.1, 0.15) is 0 Å². The second-order valence-electron chi connectivity index (χ2n) is 5.12. The lowest BCUT2D eigenvalue weighted by Gasteiger charge is -2.26. The van der Waals surface area contributed by atoms with Crippen LogP contribution in [0.2, 0.25) is 15.1 Å². The van der Waals surface area contributed by atoms with Gasteiger partial charge in [-0.15, -0.1) is 0 Å². The Morgan fingerprint density at radius 2 is 1.73 bits per heavy atom. The van der Waals surface area contributed by atoms with Crippen LogP contribution in [0, 0.1) is 0 Å². The average Bonchev–Trinajstić information content (AvgIpc) is 2.50. The van der Waals surface area contributed by atoms with E-state index in [4.69, 9.17) is 34.8 Å². The Bertz CT molecular complexity index is 687. The molecule has 1 unspecified atom stereocenters. The molecule has 22 heavy (non-hydrogen) atoms. The lowest BCUT2D eigenvalue weighted by atomic mass is 10.1. The average molecular weight is 357 g/mol. The maximum Gasteiger partial charge on any atom is 0.227 e. The molecule has 0 fully saturated rings. The number of halogens is 3. The van der Waals surface area contributed by atoms with Crippen LogP contribution in [0.5, 0.6) is 0 Å². The van der Waals surface area contributed by atoms with E-state index in [0.717, 1.165) is 11.1 Å². The first-order valence-electron chi connectivity index (χ1n) is 6.84. The molecule has 0 saturated heterocycles. The van der Waals surface area contributed by atoms with Gasteiger partial charge in [0, 0.05) is 12.1 Å². The number of likely N-dealkylation sites (N-methyl/N-ethyl adjacent to an activating group) is 1. The van der Waals surface area contributed by atoms with E-state index in [1.165, 1.54) is 0 Å². The van der Waals surface area contributed by atoms with E-state index in [1.54, 1.807) is 30.1 Å². The molecule has 0 spiro atoms. The van der Waals surface area contributed by atoms with Crippen molar-refractivity contribution in [3.63, 3.8) is 0 Å². The van der Waals surface area contributed by atoms with Gasteiger partial charge < -0.3 is 4.90 Å². The fourth-order valence-corrected chi connectivity index (χ4v) is 2.65. The number of hydrogen-bond donors (Lipinski definition) is 0. The minimum absolute atomic E-state index is 0.00771. The van der Waals surface area contributed by atoms with E-state index < -0.39 is 0 Å². The van der Waals surface area contributed by atoms with Crippen molar-refractivity contribution in [2.24, 2.45) is 0 Å². The van der Waals surface area contributed by atoms with Gasteiger partial charge >= 0.3 is 0 Å². The number of amides is 1. The van der Waals surface area contributed by atoms with E-state index in [-0.39, 0.29) is 18.4 Å². The zero-order valence-electron chi connectivity index (χ0n) is 12.3. The highest BCUT2D eigenvalue weighted by Gasteiger charge is 2.19. The molecule has 0 saturated carbocycles. The summed E-state index contributed by atoms with van der Waals surface area (Å²) < 4.78 is 0. The summed E-state index contributed by atoms with van der Waals surface area (Å²) in [5.41, 5.74) is 1.76. The quantitative estimate of drug-likeness (QED) is 0.717. The van der Waals surface area contributed by atoms with E-state index in [1.807, 2.05) is 31.2 Å². The van der Waals surface area contributed by atoms with Crippen LogP contribution in [0.25, 0.3) is 0 Å². The fourth-order valence-electron chi connectivity index (χ4n) is 2.14. The predicted octanol–water partition coefficient (Wildman–Crippen LogP) is 5.41. The van der Waals surface area contributed by atoms with E-state index >= 15 is 0 Å². The molecular weight excluding hydrogens is 341 g/mol. The molecule has 0 bridgehead atoms. The maximum absolute atomic E-state index is 12.4. The molecule has 2 aromatic rings. The van der Waals surface area contributed by atoms with Crippen LogP contribution in [-0.4, -0.2) is 17.9 Å². The fraction of sp³-hybridized carbons (Fsp3) is 0.235. The van der Waals surface area contributed by atoms with Crippen molar-refractivity contribution in [3.8, 4) is 0 Å². The van der Waals surface area contributed by atoms with Crippen LogP contribution in [0.4, 0.5) is 0 Å². The van der Waals surface area contributed by atoms with Gasteiger partial charge in [0.15, 0.2) is 0 Å². The SMILES string of the molecule is CC(c1ccc(Cl)c(Cl)c1)N(C)C(=O)Cc1ccccc1Cl. The summed E-state index contributed by atoms with van der Waals surface area (Å²) in [6, 6.07) is 12.7. The maximum atomic E-state index is 12.4. The van der Waals surface area contributed by atoms with Gasteiger partial charge in [-0.05, 0) is 36.2 Å². The third-order valence-electron chi connectivity index (χ3n) is 3.70. The Morgan fingerprint density at radius 3 is 2.36 bits per heavy atom. The second kappa shape index (κ2) is 7.36. The van der Waals surface area contributed by atoms with Gasteiger partial charge in [-0.1, -0.05) is 59.1 Å². The lowest BCUT2D eigenvalue weighted by Crippen LogP contribution is -2.31. The third-order valence-corrected chi connectivity index (χ3v) is 4.81. The van der Waals surface area contributed by atoms with Crippen LogP contribution in [0.1, 0.15) is 24.1 Å². The van der Waals surface area contributed by atoms with Gasteiger partial charge in [0.05, 0.1) is 22.5 Å². The monoisotopic (exact) mass is 355 g/mol. The summed E-state index contributed by atoms with van der Waals surface area (Å²) >= 11 is 18.1. The molecular formula is C17H16Cl3NO. The number of carbonyl (C=O) groups excluding carboxylic acids is 1. The number of benzene rings is 2. The summed E-state index contributed by atoms with van der Waals surface area (Å²) in [6.07, 6.45) is 0.266. The Morgan fingerprint density at radius 1 is 1.05 bits per heavy atom. The molecule has 0 aliphatic heterocycles. The van der Waals surface area contributed by atoms with Crippen LogP contribution >= 0.6 is 34.8 Å². The largest absolute Gasteiger partial charge is 0.339 e. The molecule has 0 radical (unpaired) electrons. The first-order valence-corrected chi connectivity index (χ1v) is 7.97. The Labute approximate surface area is 145 Å². The molecule has 1 atom stereocenters. The van der Waals surface area contributed by atoms with E-state index in [9.17, 15) is 4.79 Å². The third kappa shape index (κ3) is 3.95. The van der Waals surface area contributed by atoms with E-state index in [0.29, 0.717) is 15.1 Å².